The summed E-state index contributed by atoms with van der Waals surface area (Å²) < 4.78 is 5.13. The lowest BCUT2D eigenvalue weighted by atomic mass is 10.1. The second-order valence-electron chi connectivity index (χ2n) is 6.44. The number of guanidine groups is 1. The Morgan fingerprint density at radius 1 is 0.903 bits per heavy atom. The van der Waals surface area contributed by atoms with Crippen molar-refractivity contribution in [3.8, 4) is 5.75 Å². The average Bonchev–Trinajstić information content (AvgIpc) is 2.80. The summed E-state index contributed by atoms with van der Waals surface area (Å²) in [6.07, 6.45) is 0.748. The average molecular weight is 539 g/mol. The van der Waals surface area contributed by atoms with Crippen molar-refractivity contribution >= 4 is 41.8 Å². The molecule has 0 spiro atoms. The smallest absolute Gasteiger partial charge is 0.251 e. The predicted molar refractivity (Wildman–Crippen MR) is 134 cm³/mol. The molecule has 0 atom stereocenters. The number of halogens is 1. The topological polar surface area (TPSA) is 104 Å². The first-order chi connectivity index (χ1) is 14.6. The highest BCUT2D eigenvalue weighted by Gasteiger charge is 2.06. The van der Waals surface area contributed by atoms with E-state index in [1.165, 1.54) is 0 Å². The molecule has 0 saturated carbocycles. The molecule has 0 aliphatic rings. The normalized spacial score (nSPS) is 10.5. The molecule has 4 N–H and O–H groups in total. The molecule has 0 aliphatic heterocycles. The number of aliphatic imine (C=N–C) groups is 1. The summed E-state index contributed by atoms with van der Waals surface area (Å²) in [6.45, 7) is 1.64. The summed E-state index contributed by atoms with van der Waals surface area (Å²) in [5, 5.41) is 11.9. The van der Waals surface area contributed by atoms with E-state index >= 15 is 0 Å². The van der Waals surface area contributed by atoms with Gasteiger partial charge in [0.2, 0.25) is 0 Å². The zero-order valence-electron chi connectivity index (χ0n) is 18.0. The molecule has 31 heavy (non-hydrogen) atoms. The van der Waals surface area contributed by atoms with E-state index in [9.17, 15) is 9.59 Å². The van der Waals surface area contributed by atoms with Gasteiger partial charge in [0.25, 0.3) is 11.8 Å². The molecule has 0 unspecified atom stereocenters. The van der Waals surface area contributed by atoms with Crippen LogP contribution in [0.1, 0.15) is 26.3 Å². The lowest BCUT2D eigenvalue weighted by Crippen LogP contribution is -2.42. The maximum atomic E-state index is 12.2. The molecule has 0 saturated heterocycles. The van der Waals surface area contributed by atoms with Crippen LogP contribution in [0, 0.1) is 0 Å². The van der Waals surface area contributed by atoms with E-state index < -0.39 is 0 Å². The molecule has 0 heterocycles. The van der Waals surface area contributed by atoms with E-state index in [0.29, 0.717) is 42.5 Å². The van der Waals surface area contributed by atoms with Crippen molar-refractivity contribution in [3.63, 3.8) is 0 Å². The predicted octanol–water partition coefficient (Wildman–Crippen LogP) is 1.81. The van der Waals surface area contributed by atoms with Gasteiger partial charge in [-0.05, 0) is 42.3 Å². The number of carbonyl (C=O) groups excluding carboxylic acids is 2. The molecule has 0 bridgehead atoms. The molecule has 2 amide bonds. The number of methoxy groups -OCH3 is 1. The van der Waals surface area contributed by atoms with Crippen LogP contribution in [0.3, 0.4) is 0 Å². The Morgan fingerprint density at radius 2 is 1.55 bits per heavy atom. The van der Waals surface area contributed by atoms with E-state index in [1.807, 2.05) is 18.2 Å². The highest BCUT2D eigenvalue weighted by Crippen LogP contribution is 2.12. The molecule has 168 valence electrons. The molecule has 0 aromatic heterocycles. The molecule has 9 heteroatoms. The lowest BCUT2D eigenvalue weighted by Gasteiger charge is -2.13. The van der Waals surface area contributed by atoms with Crippen LogP contribution in [0.15, 0.2) is 53.5 Å². The fourth-order valence-electron chi connectivity index (χ4n) is 2.78. The fraction of sp³-hybridized carbons (Fsp3) is 0.318. The van der Waals surface area contributed by atoms with Crippen molar-refractivity contribution in [2.45, 2.75) is 6.42 Å². The summed E-state index contributed by atoms with van der Waals surface area (Å²) in [7, 11) is 4.87. The van der Waals surface area contributed by atoms with Crippen LogP contribution in [0.25, 0.3) is 0 Å². The molecule has 8 nitrogen and oxygen atoms in total. The van der Waals surface area contributed by atoms with Crippen LogP contribution < -0.4 is 26.0 Å². The number of rotatable bonds is 9. The number of amides is 2. The summed E-state index contributed by atoms with van der Waals surface area (Å²) in [5.74, 6) is 1.03. The van der Waals surface area contributed by atoms with Gasteiger partial charge in [0.05, 0.1) is 7.11 Å². The summed E-state index contributed by atoms with van der Waals surface area (Å²) in [4.78, 5) is 28.1. The maximum Gasteiger partial charge on any atom is 0.251 e. The van der Waals surface area contributed by atoms with Gasteiger partial charge in [0.15, 0.2) is 5.96 Å². The number of carbonyl (C=O) groups is 2. The Hall–Kier alpha value is -2.82. The maximum absolute atomic E-state index is 12.2. The quantitative estimate of drug-likeness (QED) is 0.169. The molecule has 2 aromatic rings. The number of nitrogens with zero attached hydrogens (tertiary/aromatic N) is 1. The first-order valence-corrected chi connectivity index (χ1v) is 9.75. The van der Waals surface area contributed by atoms with Gasteiger partial charge in [0, 0.05) is 44.9 Å². The minimum atomic E-state index is -0.158. The Morgan fingerprint density at radius 3 is 2.23 bits per heavy atom. The monoisotopic (exact) mass is 539 g/mol. The third-order valence-corrected chi connectivity index (χ3v) is 4.38. The van der Waals surface area contributed by atoms with Gasteiger partial charge in [-0.15, -0.1) is 24.0 Å². The molecule has 0 fully saturated rings. The Labute approximate surface area is 200 Å². The van der Waals surface area contributed by atoms with E-state index in [1.54, 1.807) is 51.5 Å². The first-order valence-electron chi connectivity index (χ1n) is 9.75. The molecular formula is C22H30IN5O3. The minimum Gasteiger partial charge on any atom is -0.497 e. The van der Waals surface area contributed by atoms with Gasteiger partial charge >= 0.3 is 0 Å². The van der Waals surface area contributed by atoms with Crippen molar-refractivity contribution in [1.29, 1.82) is 0 Å². The lowest BCUT2D eigenvalue weighted by molar-refractivity contribution is 0.0949. The third kappa shape index (κ3) is 8.83. The Kier molecular flexibility index (Phi) is 12.0. The largest absolute Gasteiger partial charge is 0.497 e. The SMILES string of the molecule is CN=C(NCCNC(=O)c1cccc(OC)c1)NCCc1cccc(C(=O)NC)c1.I. The van der Waals surface area contributed by atoms with Crippen LogP contribution >= 0.6 is 24.0 Å². The van der Waals surface area contributed by atoms with Gasteiger partial charge in [-0.3, -0.25) is 14.6 Å². The van der Waals surface area contributed by atoms with Crippen LogP contribution in [0.5, 0.6) is 5.75 Å². The zero-order chi connectivity index (χ0) is 21.8. The number of hydrogen-bond acceptors (Lipinski definition) is 4. The second-order valence-corrected chi connectivity index (χ2v) is 6.44. The van der Waals surface area contributed by atoms with E-state index in [2.05, 4.69) is 26.3 Å². The van der Waals surface area contributed by atoms with Crippen molar-refractivity contribution in [2.75, 3.05) is 40.8 Å². The summed E-state index contributed by atoms with van der Waals surface area (Å²) in [5.41, 5.74) is 2.25. The van der Waals surface area contributed by atoms with Crippen LogP contribution in [-0.2, 0) is 6.42 Å². The Balaban J connectivity index is 0.00000480. The third-order valence-electron chi connectivity index (χ3n) is 4.38. The molecule has 0 aliphatic carbocycles. The molecule has 0 radical (unpaired) electrons. The fourth-order valence-corrected chi connectivity index (χ4v) is 2.78. The van der Waals surface area contributed by atoms with Crippen molar-refractivity contribution < 1.29 is 14.3 Å². The van der Waals surface area contributed by atoms with Crippen LogP contribution in [0.2, 0.25) is 0 Å². The van der Waals surface area contributed by atoms with Crippen molar-refractivity contribution in [1.82, 2.24) is 21.3 Å². The van der Waals surface area contributed by atoms with Gasteiger partial charge in [0.1, 0.15) is 5.75 Å². The first kappa shape index (κ1) is 26.2. The van der Waals surface area contributed by atoms with Crippen LogP contribution in [-0.4, -0.2) is 58.6 Å². The zero-order valence-corrected chi connectivity index (χ0v) is 20.4. The summed E-state index contributed by atoms with van der Waals surface area (Å²) >= 11 is 0. The van der Waals surface area contributed by atoms with Gasteiger partial charge in [-0.25, -0.2) is 0 Å². The van der Waals surface area contributed by atoms with Crippen molar-refractivity contribution in [3.05, 3.63) is 65.2 Å². The van der Waals surface area contributed by atoms with Gasteiger partial charge in [-0.2, -0.15) is 0 Å². The number of hydrogen-bond donors (Lipinski definition) is 4. The number of nitrogens with one attached hydrogen (secondary N) is 4. The minimum absolute atomic E-state index is 0. The van der Waals surface area contributed by atoms with Crippen LogP contribution in [0.4, 0.5) is 0 Å². The van der Waals surface area contributed by atoms with E-state index in [-0.39, 0.29) is 35.8 Å². The molecule has 2 rings (SSSR count). The molecular weight excluding hydrogens is 509 g/mol. The van der Waals surface area contributed by atoms with E-state index in [4.69, 9.17) is 4.74 Å². The highest BCUT2D eigenvalue weighted by molar-refractivity contribution is 14.0. The van der Waals surface area contributed by atoms with E-state index in [0.717, 1.165) is 12.0 Å². The second kappa shape index (κ2) is 14.2. The highest BCUT2D eigenvalue weighted by atomic mass is 127. The number of ether oxygens (including phenoxy) is 1. The standard InChI is InChI=1S/C22H29N5O3.HI/c1-23-20(28)17-7-4-6-16(14-17)10-11-26-22(24-2)27-13-12-25-21(29)18-8-5-9-19(15-18)30-3;/h4-9,14-15H,10-13H2,1-3H3,(H,23,28)(H,25,29)(H2,24,26,27);1H. The number of benzene rings is 2. The summed E-state index contributed by atoms with van der Waals surface area (Å²) in [6, 6.07) is 14.5. The van der Waals surface area contributed by atoms with Gasteiger partial charge < -0.3 is 26.0 Å². The molecule has 2 aromatic carbocycles. The Bertz CT molecular complexity index is 889. The van der Waals surface area contributed by atoms with Crippen molar-refractivity contribution in [2.24, 2.45) is 4.99 Å². The van der Waals surface area contributed by atoms with Gasteiger partial charge in [-0.1, -0.05) is 18.2 Å².